The second-order valence-electron chi connectivity index (χ2n) is 6.66. The number of benzene rings is 1. The van der Waals surface area contributed by atoms with E-state index in [4.69, 9.17) is 4.74 Å². The zero-order valence-electron chi connectivity index (χ0n) is 15.8. The van der Waals surface area contributed by atoms with Crippen molar-refractivity contribution in [2.24, 2.45) is 0 Å². The molecule has 0 aliphatic rings. The van der Waals surface area contributed by atoms with Gasteiger partial charge in [0.05, 0.1) is 12.4 Å². The highest BCUT2D eigenvalue weighted by molar-refractivity contribution is 5.72. The molecule has 0 spiro atoms. The molecule has 4 nitrogen and oxygen atoms in total. The Morgan fingerprint density at radius 2 is 1.42 bits per heavy atom. The number of nitrogens with zero attached hydrogens (tertiary/aromatic N) is 2. The van der Waals surface area contributed by atoms with E-state index in [0.29, 0.717) is 18.0 Å². The van der Waals surface area contributed by atoms with Crippen molar-refractivity contribution in [2.45, 2.75) is 71.1 Å². The molecule has 0 aliphatic heterocycles. The molecule has 0 amide bonds. The summed E-state index contributed by atoms with van der Waals surface area (Å²) in [6, 6.07) is 9.73. The van der Waals surface area contributed by atoms with Crippen LogP contribution in [0.15, 0.2) is 42.7 Å². The minimum atomic E-state index is -0.205. The van der Waals surface area contributed by atoms with E-state index in [1.54, 1.807) is 12.4 Å². The maximum atomic E-state index is 11.9. The molecule has 0 bridgehead atoms. The van der Waals surface area contributed by atoms with Crippen molar-refractivity contribution < 1.29 is 9.53 Å². The molecular weight excluding hydrogens is 324 g/mol. The summed E-state index contributed by atoms with van der Waals surface area (Å²) in [6.07, 6.45) is 14.7. The Kier molecular flexibility index (Phi) is 9.41. The summed E-state index contributed by atoms with van der Waals surface area (Å²) in [5.41, 5.74) is 0.945. The van der Waals surface area contributed by atoms with Gasteiger partial charge in [-0.15, -0.1) is 0 Å². The van der Waals surface area contributed by atoms with Crippen LogP contribution in [0.4, 0.5) is 0 Å². The van der Waals surface area contributed by atoms with Crippen molar-refractivity contribution in [3.63, 3.8) is 0 Å². The molecule has 0 fully saturated rings. The Bertz CT molecular complexity index is 626. The third kappa shape index (κ3) is 7.77. The molecule has 0 N–H and O–H groups in total. The van der Waals surface area contributed by atoms with Crippen molar-refractivity contribution >= 4 is 5.97 Å². The van der Waals surface area contributed by atoms with Crippen LogP contribution in [0.3, 0.4) is 0 Å². The fourth-order valence-electron chi connectivity index (χ4n) is 2.87. The highest BCUT2D eigenvalue weighted by Gasteiger charge is 2.07. The molecule has 0 aliphatic carbocycles. The number of hydrogen-bond acceptors (Lipinski definition) is 4. The number of rotatable bonds is 12. The van der Waals surface area contributed by atoms with E-state index in [2.05, 4.69) is 16.9 Å². The molecule has 0 saturated heterocycles. The standard InChI is InChI=1S/C22H30N2O2/c1-2-3-4-5-6-7-8-9-13-16-21(25)26-20-17-23-22(24-18-20)19-14-11-10-12-15-19/h10-12,14-15,17-18H,2-9,13,16H2,1H3. The number of ether oxygens (including phenoxy) is 1. The largest absolute Gasteiger partial charge is 0.423 e. The molecule has 140 valence electrons. The molecule has 0 saturated carbocycles. The zero-order chi connectivity index (χ0) is 18.5. The summed E-state index contributed by atoms with van der Waals surface area (Å²) in [6.45, 7) is 2.24. The molecule has 0 atom stereocenters. The Morgan fingerprint density at radius 3 is 2.04 bits per heavy atom. The SMILES string of the molecule is CCCCCCCCCCCC(=O)Oc1cnc(-c2ccccc2)nc1. The predicted octanol–water partition coefficient (Wildman–Crippen LogP) is 5.97. The fraction of sp³-hybridized carbons (Fsp3) is 0.500. The second-order valence-corrected chi connectivity index (χ2v) is 6.66. The van der Waals surface area contributed by atoms with Gasteiger partial charge in [-0.2, -0.15) is 0 Å². The fourth-order valence-corrected chi connectivity index (χ4v) is 2.87. The van der Waals surface area contributed by atoms with Crippen LogP contribution in [0.2, 0.25) is 0 Å². The molecule has 0 radical (unpaired) electrons. The topological polar surface area (TPSA) is 52.1 Å². The number of unbranched alkanes of at least 4 members (excludes halogenated alkanes) is 8. The van der Waals surface area contributed by atoms with Crippen molar-refractivity contribution in [2.75, 3.05) is 0 Å². The lowest BCUT2D eigenvalue weighted by atomic mass is 10.1. The van der Waals surface area contributed by atoms with Gasteiger partial charge in [-0.25, -0.2) is 9.97 Å². The number of esters is 1. The van der Waals surface area contributed by atoms with Gasteiger partial charge in [0.1, 0.15) is 0 Å². The summed E-state index contributed by atoms with van der Waals surface area (Å²) in [4.78, 5) is 20.4. The minimum Gasteiger partial charge on any atom is -0.423 e. The summed E-state index contributed by atoms with van der Waals surface area (Å²) >= 11 is 0. The van der Waals surface area contributed by atoms with Crippen LogP contribution < -0.4 is 4.74 Å². The smallest absolute Gasteiger partial charge is 0.311 e. The summed E-state index contributed by atoms with van der Waals surface area (Å²) in [5, 5.41) is 0. The minimum absolute atomic E-state index is 0.205. The van der Waals surface area contributed by atoms with Gasteiger partial charge in [0.15, 0.2) is 11.6 Å². The Hall–Kier alpha value is -2.23. The van der Waals surface area contributed by atoms with Crippen LogP contribution in [-0.2, 0) is 4.79 Å². The van der Waals surface area contributed by atoms with E-state index in [9.17, 15) is 4.79 Å². The third-order valence-electron chi connectivity index (χ3n) is 4.38. The number of aromatic nitrogens is 2. The Morgan fingerprint density at radius 1 is 0.846 bits per heavy atom. The maximum Gasteiger partial charge on any atom is 0.311 e. The van der Waals surface area contributed by atoms with Crippen LogP contribution in [0, 0.1) is 0 Å². The molecule has 2 aromatic rings. The zero-order valence-corrected chi connectivity index (χ0v) is 15.8. The van der Waals surface area contributed by atoms with Gasteiger partial charge < -0.3 is 4.74 Å². The normalized spacial score (nSPS) is 10.7. The first kappa shape index (κ1) is 20.1. The molecule has 1 aromatic heterocycles. The molecule has 1 heterocycles. The molecule has 2 rings (SSSR count). The predicted molar refractivity (Wildman–Crippen MR) is 105 cm³/mol. The van der Waals surface area contributed by atoms with Crippen molar-refractivity contribution in [1.29, 1.82) is 0 Å². The highest BCUT2D eigenvalue weighted by Crippen LogP contribution is 2.17. The van der Waals surface area contributed by atoms with Crippen molar-refractivity contribution in [1.82, 2.24) is 9.97 Å². The van der Waals surface area contributed by atoms with Gasteiger partial charge in [-0.1, -0.05) is 88.6 Å². The third-order valence-corrected chi connectivity index (χ3v) is 4.38. The van der Waals surface area contributed by atoms with Gasteiger partial charge in [-0.3, -0.25) is 4.79 Å². The lowest BCUT2D eigenvalue weighted by Gasteiger charge is -2.05. The molecule has 26 heavy (non-hydrogen) atoms. The number of carbonyl (C=O) groups is 1. The first-order valence-electron chi connectivity index (χ1n) is 9.87. The van der Waals surface area contributed by atoms with Gasteiger partial charge in [-0.05, 0) is 6.42 Å². The first-order valence-corrected chi connectivity index (χ1v) is 9.87. The van der Waals surface area contributed by atoms with E-state index < -0.39 is 0 Å². The molecular formula is C22H30N2O2. The van der Waals surface area contributed by atoms with E-state index >= 15 is 0 Å². The van der Waals surface area contributed by atoms with Crippen molar-refractivity contribution in [3.05, 3.63) is 42.7 Å². The molecule has 1 aromatic carbocycles. The van der Waals surface area contributed by atoms with E-state index in [-0.39, 0.29) is 5.97 Å². The van der Waals surface area contributed by atoms with Gasteiger partial charge in [0.2, 0.25) is 0 Å². The van der Waals surface area contributed by atoms with Gasteiger partial charge >= 0.3 is 5.97 Å². The maximum absolute atomic E-state index is 11.9. The van der Waals surface area contributed by atoms with Crippen LogP contribution >= 0.6 is 0 Å². The van der Waals surface area contributed by atoms with Gasteiger partial charge in [0.25, 0.3) is 0 Å². The average molecular weight is 354 g/mol. The number of hydrogen-bond donors (Lipinski definition) is 0. The Labute approximate surface area is 157 Å². The monoisotopic (exact) mass is 354 g/mol. The Balaban J connectivity index is 1.59. The summed E-state index contributed by atoms with van der Waals surface area (Å²) < 4.78 is 5.31. The van der Waals surface area contributed by atoms with E-state index in [1.165, 1.54) is 44.9 Å². The lowest BCUT2D eigenvalue weighted by molar-refractivity contribution is -0.134. The van der Waals surface area contributed by atoms with E-state index in [0.717, 1.165) is 18.4 Å². The summed E-state index contributed by atoms with van der Waals surface area (Å²) in [5.74, 6) is 0.832. The first-order chi connectivity index (χ1) is 12.8. The highest BCUT2D eigenvalue weighted by atomic mass is 16.5. The lowest BCUT2D eigenvalue weighted by Crippen LogP contribution is -2.08. The second kappa shape index (κ2) is 12.2. The van der Waals surface area contributed by atoms with Gasteiger partial charge in [0, 0.05) is 12.0 Å². The van der Waals surface area contributed by atoms with E-state index in [1.807, 2.05) is 30.3 Å². The van der Waals surface area contributed by atoms with Crippen LogP contribution in [0.1, 0.15) is 71.1 Å². The molecule has 4 heteroatoms. The number of carbonyl (C=O) groups excluding carboxylic acids is 1. The van der Waals surface area contributed by atoms with Crippen LogP contribution in [0.5, 0.6) is 5.75 Å². The quantitative estimate of drug-likeness (QED) is 0.348. The average Bonchev–Trinajstić information content (AvgIpc) is 2.68. The summed E-state index contributed by atoms with van der Waals surface area (Å²) in [7, 11) is 0. The molecule has 0 unspecified atom stereocenters. The van der Waals surface area contributed by atoms with Crippen molar-refractivity contribution in [3.8, 4) is 17.1 Å². The van der Waals surface area contributed by atoms with Crippen LogP contribution in [-0.4, -0.2) is 15.9 Å². The van der Waals surface area contributed by atoms with Crippen LogP contribution in [0.25, 0.3) is 11.4 Å².